The Morgan fingerprint density at radius 3 is 3.00 bits per heavy atom. The molecular formula is C14H11FN2O. The van der Waals surface area contributed by atoms with Crippen LogP contribution in [0, 0.1) is 5.82 Å². The van der Waals surface area contributed by atoms with Gasteiger partial charge in [0.2, 0.25) is 0 Å². The fourth-order valence-electron chi connectivity index (χ4n) is 2.27. The molecule has 0 radical (unpaired) electrons. The van der Waals surface area contributed by atoms with Gasteiger partial charge in [0.25, 0.3) is 0 Å². The summed E-state index contributed by atoms with van der Waals surface area (Å²) in [5.41, 5.74) is 2.26. The minimum Gasteiger partial charge on any atom is -0.384 e. The first-order chi connectivity index (χ1) is 8.75. The van der Waals surface area contributed by atoms with Crippen molar-refractivity contribution in [2.75, 3.05) is 11.9 Å². The molecule has 1 aromatic heterocycles. The van der Waals surface area contributed by atoms with Gasteiger partial charge < -0.3 is 5.32 Å². The number of fused-ring (bicyclic) bond motifs is 1. The summed E-state index contributed by atoms with van der Waals surface area (Å²) < 4.78 is 13.1. The lowest BCUT2D eigenvalue weighted by molar-refractivity contribution is 0.0965. The molecule has 0 fully saturated rings. The number of ketones is 1. The molecule has 3 rings (SSSR count). The van der Waals surface area contributed by atoms with Crippen LogP contribution in [0.5, 0.6) is 0 Å². The first-order valence-corrected chi connectivity index (χ1v) is 5.73. The van der Waals surface area contributed by atoms with Gasteiger partial charge in [0.1, 0.15) is 5.82 Å². The molecule has 0 aliphatic carbocycles. The number of carbonyl (C=O) groups is 1. The Kier molecular flexibility index (Phi) is 2.55. The van der Waals surface area contributed by atoms with Gasteiger partial charge in [-0.2, -0.15) is 0 Å². The van der Waals surface area contributed by atoms with E-state index in [-0.39, 0.29) is 11.7 Å². The number of aromatic nitrogens is 1. The summed E-state index contributed by atoms with van der Waals surface area (Å²) >= 11 is 0. The predicted octanol–water partition coefficient (Wildman–Crippen LogP) is 2.61. The van der Waals surface area contributed by atoms with E-state index >= 15 is 0 Å². The number of Topliss-reactive ketones (excluding diaryl/α,β-unsaturated/α-hetero) is 1. The number of carbonyl (C=O) groups excluding carboxylic acids is 1. The van der Waals surface area contributed by atoms with E-state index in [2.05, 4.69) is 10.3 Å². The number of nitrogens with one attached hydrogen (secondary N) is 1. The van der Waals surface area contributed by atoms with Crippen molar-refractivity contribution in [2.24, 2.45) is 0 Å². The summed E-state index contributed by atoms with van der Waals surface area (Å²) in [5, 5.41) is 3.18. The Morgan fingerprint density at radius 1 is 1.33 bits per heavy atom. The fourth-order valence-corrected chi connectivity index (χ4v) is 2.27. The SMILES string of the molecule is O=C(c1cncc(F)c1)C1CNc2ccccc21. The van der Waals surface area contributed by atoms with Gasteiger partial charge in [-0.3, -0.25) is 9.78 Å². The molecule has 0 saturated heterocycles. The van der Waals surface area contributed by atoms with Gasteiger partial charge in [0.15, 0.2) is 5.78 Å². The Morgan fingerprint density at radius 2 is 2.17 bits per heavy atom. The van der Waals surface area contributed by atoms with E-state index in [1.807, 2.05) is 24.3 Å². The summed E-state index contributed by atoms with van der Waals surface area (Å²) in [5.74, 6) is -0.843. The monoisotopic (exact) mass is 242 g/mol. The minimum atomic E-state index is -0.486. The maximum absolute atomic E-state index is 13.1. The molecule has 1 aliphatic heterocycles. The van der Waals surface area contributed by atoms with E-state index in [1.165, 1.54) is 12.3 Å². The molecule has 1 aromatic carbocycles. The lowest BCUT2D eigenvalue weighted by Gasteiger charge is -2.08. The molecule has 0 saturated carbocycles. The highest BCUT2D eigenvalue weighted by Gasteiger charge is 2.29. The quantitative estimate of drug-likeness (QED) is 0.823. The average Bonchev–Trinajstić information content (AvgIpc) is 2.82. The molecule has 90 valence electrons. The van der Waals surface area contributed by atoms with Gasteiger partial charge in [0.05, 0.1) is 12.1 Å². The number of para-hydroxylation sites is 1. The van der Waals surface area contributed by atoms with Crippen LogP contribution in [0.15, 0.2) is 42.7 Å². The van der Waals surface area contributed by atoms with Crippen molar-refractivity contribution in [1.82, 2.24) is 4.98 Å². The van der Waals surface area contributed by atoms with Crippen LogP contribution in [0.3, 0.4) is 0 Å². The Hall–Kier alpha value is -2.23. The van der Waals surface area contributed by atoms with Crippen molar-refractivity contribution in [3.8, 4) is 0 Å². The summed E-state index contributed by atoms with van der Waals surface area (Å²) in [7, 11) is 0. The van der Waals surface area contributed by atoms with Crippen molar-refractivity contribution in [3.63, 3.8) is 0 Å². The second-order valence-corrected chi connectivity index (χ2v) is 4.28. The van der Waals surface area contributed by atoms with Gasteiger partial charge in [-0.05, 0) is 17.7 Å². The minimum absolute atomic E-state index is 0.0977. The number of pyridine rings is 1. The zero-order valence-corrected chi connectivity index (χ0v) is 9.56. The van der Waals surface area contributed by atoms with Crippen LogP contribution >= 0.6 is 0 Å². The average molecular weight is 242 g/mol. The third-order valence-electron chi connectivity index (χ3n) is 3.14. The molecule has 4 heteroatoms. The normalized spacial score (nSPS) is 17.1. The van der Waals surface area contributed by atoms with Crippen LogP contribution in [0.25, 0.3) is 0 Å². The van der Waals surface area contributed by atoms with Crippen LogP contribution in [-0.4, -0.2) is 17.3 Å². The molecule has 1 atom stereocenters. The van der Waals surface area contributed by atoms with Crippen molar-refractivity contribution < 1.29 is 9.18 Å². The van der Waals surface area contributed by atoms with E-state index < -0.39 is 5.82 Å². The van der Waals surface area contributed by atoms with E-state index in [4.69, 9.17) is 0 Å². The number of anilines is 1. The van der Waals surface area contributed by atoms with Crippen LogP contribution < -0.4 is 5.32 Å². The van der Waals surface area contributed by atoms with Gasteiger partial charge in [-0.25, -0.2) is 4.39 Å². The molecule has 0 bridgehead atoms. The summed E-state index contributed by atoms with van der Waals surface area (Å²) in [6.07, 6.45) is 2.50. The summed E-state index contributed by atoms with van der Waals surface area (Å²) in [6, 6.07) is 8.91. The van der Waals surface area contributed by atoms with Crippen molar-refractivity contribution >= 4 is 11.5 Å². The number of nitrogens with zero attached hydrogens (tertiary/aromatic N) is 1. The fraction of sp³-hybridized carbons (Fsp3) is 0.143. The molecule has 1 aliphatic rings. The topological polar surface area (TPSA) is 42.0 Å². The Labute approximate surface area is 104 Å². The molecule has 1 unspecified atom stereocenters. The number of halogens is 1. The molecular weight excluding hydrogens is 231 g/mol. The number of rotatable bonds is 2. The maximum Gasteiger partial charge on any atom is 0.173 e. The first kappa shape index (κ1) is 10.9. The highest BCUT2D eigenvalue weighted by molar-refractivity contribution is 6.02. The molecule has 2 heterocycles. The molecule has 18 heavy (non-hydrogen) atoms. The van der Waals surface area contributed by atoms with Crippen LogP contribution in [0.2, 0.25) is 0 Å². The molecule has 0 amide bonds. The zero-order valence-electron chi connectivity index (χ0n) is 9.56. The van der Waals surface area contributed by atoms with Crippen LogP contribution in [-0.2, 0) is 0 Å². The van der Waals surface area contributed by atoms with Crippen LogP contribution in [0.4, 0.5) is 10.1 Å². The smallest absolute Gasteiger partial charge is 0.173 e. The second-order valence-electron chi connectivity index (χ2n) is 4.28. The Bertz CT molecular complexity index is 612. The maximum atomic E-state index is 13.1. The van der Waals surface area contributed by atoms with Crippen molar-refractivity contribution in [2.45, 2.75) is 5.92 Å². The number of hydrogen-bond donors (Lipinski definition) is 1. The van der Waals surface area contributed by atoms with Crippen LogP contribution in [0.1, 0.15) is 21.8 Å². The Balaban J connectivity index is 1.96. The van der Waals surface area contributed by atoms with Gasteiger partial charge >= 0.3 is 0 Å². The lowest BCUT2D eigenvalue weighted by Crippen LogP contribution is -2.15. The zero-order chi connectivity index (χ0) is 12.5. The third-order valence-corrected chi connectivity index (χ3v) is 3.14. The van der Waals surface area contributed by atoms with E-state index in [0.29, 0.717) is 12.1 Å². The van der Waals surface area contributed by atoms with Crippen molar-refractivity contribution in [3.05, 3.63) is 59.7 Å². The standard InChI is InChI=1S/C14H11FN2O/c15-10-5-9(6-16-7-10)14(18)12-8-17-13-4-2-1-3-11(12)13/h1-7,12,17H,8H2. The largest absolute Gasteiger partial charge is 0.384 e. The third kappa shape index (κ3) is 1.76. The molecule has 3 nitrogen and oxygen atoms in total. The van der Waals surface area contributed by atoms with Gasteiger partial charge in [0, 0.05) is 24.0 Å². The number of benzene rings is 1. The van der Waals surface area contributed by atoms with Gasteiger partial charge in [-0.1, -0.05) is 18.2 Å². The number of hydrogen-bond acceptors (Lipinski definition) is 3. The van der Waals surface area contributed by atoms with E-state index in [0.717, 1.165) is 17.4 Å². The molecule has 2 aromatic rings. The van der Waals surface area contributed by atoms with Gasteiger partial charge in [-0.15, -0.1) is 0 Å². The molecule has 0 spiro atoms. The first-order valence-electron chi connectivity index (χ1n) is 5.73. The predicted molar refractivity (Wildman–Crippen MR) is 66.2 cm³/mol. The second kappa shape index (κ2) is 4.22. The summed E-state index contributed by atoms with van der Waals surface area (Å²) in [4.78, 5) is 16.0. The van der Waals surface area contributed by atoms with E-state index in [1.54, 1.807) is 0 Å². The summed E-state index contributed by atoms with van der Waals surface area (Å²) in [6.45, 7) is 0.550. The van der Waals surface area contributed by atoms with Crippen molar-refractivity contribution in [1.29, 1.82) is 0 Å². The highest BCUT2D eigenvalue weighted by Crippen LogP contribution is 2.33. The highest BCUT2D eigenvalue weighted by atomic mass is 19.1. The van der Waals surface area contributed by atoms with E-state index in [9.17, 15) is 9.18 Å². The lowest BCUT2D eigenvalue weighted by atomic mass is 9.93. The molecule has 1 N–H and O–H groups in total.